The highest BCUT2D eigenvalue weighted by atomic mass is 15.2. The molecule has 0 saturated heterocycles. The first-order chi connectivity index (χ1) is 49.6. The topological polar surface area (TPSA) is 75.9 Å². The van der Waals surface area contributed by atoms with Crippen LogP contribution < -0.4 is 26.2 Å². The van der Waals surface area contributed by atoms with E-state index in [9.17, 15) is 0 Å². The quantitative estimate of drug-likeness (QED) is 0.113. The van der Waals surface area contributed by atoms with Crippen molar-refractivity contribution in [2.75, 3.05) is 9.80 Å². The first kappa shape index (κ1) is 58.0. The monoisotopic (exact) mass is 1270 g/mol. The number of para-hydroxylation sites is 4. The Balaban J connectivity index is 0.826. The van der Waals surface area contributed by atoms with Crippen LogP contribution in [0, 0.1) is 0 Å². The van der Waals surface area contributed by atoms with Crippen LogP contribution in [0.4, 0.5) is 34.1 Å². The fourth-order valence-electron chi connectivity index (χ4n) is 15.0. The Morgan fingerprint density at radius 2 is 0.620 bits per heavy atom. The van der Waals surface area contributed by atoms with Crippen LogP contribution in [0.25, 0.3) is 129 Å². The van der Waals surface area contributed by atoms with Crippen LogP contribution in [-0.2, 0) is 0 Å². The van der Waals surface area contributed by atoms with E-state index in [4.69, 9.17) is 24.9 Å². The van der Waals surface area contributed by atoms with Gasteiger partial charge < -0.3 is 14.4 Å². The Bertz CT molecular complexity index is 5790. The zero-order valence-corrected chi connectivity index (χ0v) is 54.2. The third-order valence-electron chi connectivity index (χ3n) is 19.7. The molecule has 19 rings (SSSR count). The molecule has 0 N–H and O–H groups in total. The highest BCUT2D eigenvalue weighted by molar-refractivity contribution is 7.00. The molecule has 3 aromatic heterocycles. The Hall–Kier alpha value is -13.4. The summed E-state index contributed by atoms with van der Waals surface area (Å²) in [7, 11) is 0. The smallest absolute Gasteiger partial charge is 0.252 e. The Kier molecular flexibility index (Phi) is 14.1. The van der Waals surface area contributed by atoms with Gasteiger partial charge in [0.05, 0.1) is 33.8 Å². The standard InChI is InChI=1S/C91H59BN8/c1-8-26-60(27-9-1)67-48-52-80-73(56-67)74-57-68(61-28-10-2-11-29-61)49-53-81(74)100(80)82-54-50-69(91-96-89(64-32-14-4-15-33-64)95-90(97-91)65-34-16-5-17-35-65)58-75(82)79-59-78(63-30-12-3-13-31-63)93-88(94-79)66-46-44-62(45-47-66)72-51-55-85-86-87(72)99(71-38-20-7-21-39-71)84-43-25-23-41-77(84)92(86)76-40-22-24-42-83(76)98(85)70-36-18-6-19-37-70/h1-59H. The molecular formula is C91H59BN8. The maximum Gasteiger partial charge on any atom is 0.252 e. The van der Waals surface area contributed by atoms with Crippen LogP contribution in [0.1, 0.15) is 0 Å². The molecule has 0 fully saturated rings. The summed E-state index contributed by atoms with van der Waals surface area (Å²) < 4.78 is 2.41. The molecule has 0 spiro atoms. The molecular weight excluding hydrogens is 1220 g/mol. The summed E-state index contributed by atoms with van der Waals surface area (Å²) >= 11 is 0. The molecule has 9 heteroatoms. The van der Waals surface area contributed by atoms with E-state index in [1.807, 2.05) is 60.7 Å². The Morgan fingerprint density at radius 1 is 0.230 bits per heavy atom. The molecule has 2 aliphatic heterocycles. The number of benzene rings is 14. The summed E-state index contributed by atoms with van der Waals surface area (Å²) in [6.45, 7) is -0.0320. The first-order valence-corrected chi connectivity index (χ1v) is 33.9. The molecule has 466 valence electrons. The van der Waals surface area contributed by atoms with E-state index in [0.29, 0.717) is 23.3 Å². The maximum absolute atomic E-state index is 5.76. The van der Waals surface area contributed by atoms with Crippen molar-refractivity contribution in [3.8, 4) is 107 Å². The van der Waals surface area contributed by atoms with Crippen molar-refractivity contribution >= 4 is 79.0 Å². The van der Waals surface area contributed by atoms with E-state index >= 15 is 0 Å². The second-order valence-corrected chi connectivity index (χ2v) is 25.5. The molecule has 5 heterocycles. The largest absolute Gasteiger partial charge is 0.311 e. The van der Waals surface area contributed by atoms with E-state index in [1.165, 1.54) is 22.1 Å². The SMILES string of the molecule is c1ccc(-c2ccc3c(c2)c2cc(-c4ccccc4)ccc2n3-c2ccc(-c3nc(-c4ccccc4)nc(-c4ccccc4)n3)cc2-c2cc(-c3ccccc3)nc(-c3ccc(-c4ccc5c6c4N(c4ccccc4)c4ccccc4B6c4ccccc4N5c4ccccc4)cc3)n2)cc1. The number of aromatic nitrogens is 6. The molecule has 0 atom stereocenters. The van der Waals surface area contributed by atoms with E-state index in [2.05, 4.69) is 312 Å². The first-order valence-electron chi connectivity index (χ1n) is 33.9. The third-order valence-corrected chi connectivity index (χ3v) is 19.7. The van der Waals surface area contributed by atoms with Gasteiger partial charge in [-0.15, -0.1) is 0 Å². The van der Waals surface area contributed by atoms with Gasteiger partial charge in [0, 0.05) is 78.2 Å². The minimum atomic E-state index is -0.0320. The van der Waals surface area contributed by atoms with Crippen LogP contribution in [0.3, 0.4) is 0 Å². The van der Waals surface area contributed by atoms with Crippen molar-refractivity contribution in [2.45, 2.75) is 0 Å². The van der Waals surface area contributed by atoms with Crippen molar-refractivity contribution in [3.05, 3.63) is 358 Å². The summed E-state index contributed by atoms with van der Waals surface area (Å²) in [6, 6.07) is 128. The van der Waals surface area contributed by atoms with Crippen molar-refractivity contribution in [2.24, 2.45) is 0 Å². The fraction of sp³-hybridized carbons (Fsp3) is 0. The summed E-state index contributed by atoms with van der Waals surface area (Å²) in [5, 5.41) is 2.27. The Labute approximate surface area is 579 Å². The third kappa shape index (κ3) is 10.1. The second-order valence-electron chi connectivity index (χ2n) is 25.5. The number of hydrogen-bond acceptors (Lipinski definition) is 7. The minimum Gasteiger partial charge on any atom is -0.311 e. The molecule has 17 aromatic rings. The number of rotatable bonds is 12. The summed E-state index contributed by atoms with van der Waals surface area (Å²) in [4.78, 5) is 31.9. The normalized spacial score (nSPS) is 12.1. The van der Waals surface area contributed by atoms with E-state index in [0.717, 1.165) is 134 Å². The predicted octanol–water partition coefficient (Wildman–Crippen LogP) is 20.8. The predicted molar refractivity (Wildman–Crippen MR) is 413 cm³/mol. The lowest BCUT2D eigenvalue weighted by molar-refractivity contribution is 1.07. The van der Waals surface area contributed by atoms with Crippen molar-refractivity contribution in [1.29, 1.82) is 0 Å². The molecule has 8 nitrogen and oxygen atoms in total. The van der Waals surface area contributed by atoms with Gasteiger partial charge in [0.15, 0.2) is 23.3 Å². The second kappa shape index (κ2) is 24.4. The number of anilines is 6. The average Bonchev–Trinajstić information content (AvgIpc) is 1.17. The van der Waals surface area contributed by atoms with Gasteiger partial charge in [-0.05, 0) is 135 Å². The minimum absolute atomic E-state index is 0.0320. The lowest BCUT2D eigenvalue weighted by atomic mass is 9.33. The molecule has 0 radical (unpaired) electrons. The van der Waals surface area contributed by atoms with Crippen LogP contribution in [0.5, 0.6) is 0 Å². The van der Waals surface area contributed by atoms with Crippen LogP contribution in [0.2, 0.25) is 0 Å². The molecule has 14 aromatic carbocycles. The van der Waals surface area contributed by atoms with Crippen molar-refractivity contribution in [3.63, 3.8) is 0 Å². The van der Waals surface area contributed by atoms with Gasteiger partial charge in [-0.3, -0.25) is 0 Å². The van der Waals surface area contributed by atoms with E-state index in [1.54, 1.807) is 0 Å². The van der Waals surface area contributed by atoms with Crippen LogP contribution >= 0.6 is 0 Å². The van der Waals surface area contributed by atoms with Gasteiger partial charge in [0.25, 0.3) is 6.71 Å². The summed E-state index contributed by atoms with van der Waals surface area (Å²) in [5.41, 5.74) is 27.2. The maximum atomic E-state index is 5.76. The Morgan fingerprint density at radius 3 is 1.16 bits per heavy atom. The molecule has 2 aliphatic rings. The van der Waals surface area contributed by atoms with Crippen LogP contribution in [-0.4, -0.2) is 36.2 Å². The van der Waals surface area contributed by atoms with Gasteiger partial charge >= 0.3 is 0 Å². The van der Waals surface area contributed by atoms with Gasteiger partial charge in [-0.2, -0.15) is 0 Å². The molecule has 0 bridgehead atoms. The fourth-order valence-corrected chi connectivity index (χ4v) is 15.0. The van der Waals surface area contributed by atoms with Gasteiger partial charge in [0.2, 0.25) is 0 Å². The summed E-state index contributed by atoms with van der Waals surface area (Å²) in [6.07, 6.45) is 0. The average molecular weight is 1280 g/mol. The van der Waals surface area contributed by atoms with Gasteiger partial charge in [-0.1, -0.05) is 267 Å². The highest BCUT2D eigenvalue weighted by Crippen LogP contribution is 2.49. The van der Waals surface area contributed by atoms with Crippen LogP contribution in [0.15, 0.2) is 358 Å². The molecule has 0 unspecified atom stereocenters. The lowest BCUT2D eigenvalue weighted by Gasteiger charge is -2.45. The lowest BCUT2D eigenvalue weighted by Crippen LogP contribution is -2.61. The van der Waals surface area contributed by atoms with Gasteiger partial charge in [-0.25, -0.2) is 24.9 Å². The molecule has 100 heavy (non-hydrogen) atoms. The van der Waals surface area contributed by atoms with E-state index in [-0.39, 0.29) is 6.71 Å². The highest BCUT2D eigenvalue weighted by Gasteiger charge is 2.44. The van der Waals surface area contributed by atoms with Crippen molar-refractivity contribution < 1.29 is 0 Å². The summed E-state index contributed by atoms with van der Waals surface area (Å²) in [5.74, 6) is 2.28. The van der Waals surface area contributed by atoms with Crippen molar-refractivity contribution in [1.82, 2.24) is 29.5 Å². The number of nitrogens with zero attached hydrogens (tertiary/aromatic N) is 8. The molecule has 0 saturated carbocycles. The van der Waals surface area contributed by atoms with Gasteiger partial charge in [0.1, 0.15) is 0 Å². The molecule has 0 amide bonds. The number of fused-ring (bicyclic) bond motifs is 7. The van der Waals surface area contributed by atoms with E-state index < -0.39 is 0 Å². The molecule has 0 aliphatic carbocycles. The number of hydrogen-bond donors (Lipinski definition) is 0. The zero-order chi connectivity index (χ0) is 66.0. The zero-order valence-electron chi connectivity index (χ0n) is 54.2.